The average molecular weight is 442 g/mol. The number of hydrogen-bond acceptors (Lipinski definition) is 4. The van der Waals surface area contributed by atoms with E-state index in [2.05, 4.69) is 71.7 Å². The molecule has 0 radical (unpaired) electrons. The highest BCUT2D eigenvalue weighted by molar-refractivity contribution is 5.67. The molecule has 2 aliphatic rings. The van der Waals surface area contributed by atoms with Crippen molar-refractivity contribution in [3.05, 3.63) is 83.6 Å². The zero-order valence-corrected chi connectivity index (χ0v) is 19.9. The predicted molar refractivity (Wildman–Crippen MR) is 134 cm³/mol. The summed E-state index contributed by atoms with van der Waals surface area (Å²) < 4.78 is 5.88. The Balaban J connectivity index is 1.43. The molecular formula is C29H35N3O. The second-order valence-electron chi connectivity index (χ2n) is 9.46. The van der Waals surface area contributed by atoms with Crippen LogP contribution in [0.5, 0.6) is 5.75 Å². The maximum Gasteiger partial charge on any atom is 0.128 e. The van der Waals surface area contributed by atoms with Gasteiger partial charge in [0.1, 0.15) is 5.75 Å². The Hall–Kier alpha value is -2.69. The summed E-state index contributed by atoms with van der Waals surface area (Å²) in [6.45, 7) is 10.2. The molecule has 1 saturated heterocycles. The maximum absolute atomic E-state index is 5.88. The van der Waals surface area contributed by atoms with Crippen LogP contribution in [-0.2, 0) is 18.5 Å². The van der Waals surface area contributed by atoms with Gasteiger partial charge in [0.25, 0.3) is 0 Å². The minimum atomic E-state index is 0.167. The SMILES string of the molecule is CCOc1ccccc1-c1ccc2c(n1)CNCC21CCN(Cc2ccccc2)CC1CC. The summed E-state index contributed by atoms with van der Waals surface area (Å²) in [6, 6.07) is 23.7. The van der Waals surface area contributed by atoms with Gasteiger partial charge in [-0.2, -0.15) is 0 Å². The van der Waals surface area contributed by atoms with Crippen molar-refractivity contribution < 1.29 is 4.74 Å². The van der Waals surface area contributed by atoms with Crippen molar-refractivity contribution in [3.63, 3.8) is 0 Å². The molecule has 0 saturated carbocycles. The number of hydrogen-bond donors (Lipinski definition) is 1. The first kappa shape index (κ1) is 22.1. The topological polar surface area (TPSA) is 37.4 Å². The van der Waals surface area contributed by atoms with Crippen LogP contribution in [0.25, 0.3) is 11.3 Å². The molecule has 1 fully saturated rings. The first-order chi connectivity index (χ1) is 16.2. The Labute approximate surface area is 198 Å². The van der Waals surface area contributed by atoms with Gasteiger partial charge in [-0.3, -0.25) is 9.88 Å². The molecular weight excluding hydrogens is 406 g/mol. The molecule has 4 nitrogen and oxygen atoms in total. The number of nitrogens with zero attached hydrogens (tertiary/aromatic N) is 2. The molecule has 0 bridgehead atoms. The van der Waals surface area contributed by atoms with Crippen molar-refractivity contribution >= 4 is 0 Å². The third-order valence-electron chi connectivity index (χ3n) is 7.58. The lowest BCUT2D eigenvalue weighted by Crippen LogP contribution is -2.56. The van der Waals surface area contributed by atoms with Crippen molar-refractivity contribution in [2.24, 2.45) is 5.92 Å². The Morgan fingerprint density at radius 2 is 1.85 bits per heavy atom. The smallest absolute Gasteiger partial charge is 0.128 e. The van der Waals surface area contributed by atoms with Crippen LogP contribution in [-0.4, -0.2) is 36.1 Å². The minimum Gasteiger partial charge on any atom is -0.493 e. The molecule has 5 rings (SSSR count). The van der Waals surface area contributed by atoms with Gasteiger partial charge in [0.05, 0.1) is 18.0 Å². The van der Waals surface area contributed by atoms with E-state index in [1.165, 1.54) is 29.7 Å². The fraction of sp³-hybridized carbons (Fsp3) is 0.414. The maximum atomic E-state index is 5.88. The van der Waals surface area contributed by atoms with Crippen LogP contribution in [0.15, 0.2) is 66.7 Å². The zero-order valence-electron chi connectivity index (χ0n) is 19.9. The summed E-state index contributed by atoms with van der Waals surface area (Å²) in [5.41, 5.74) is 6.33. The number of nitrogens with one attached hydrogen (secondary N) is 1. The lowest BCUT2D eigenvalue weighted by atomic mass is 9.63. The zero-order chi connectivity index (χ0) is 22.7. The fourth-order valence-corrected chi connectivity index (χ4v) is 5.93. The summed E-state index contributed by atoms with van der Waals surface area (Å²) >= 11 is 0. The Bertz CT molecular complexity index is 1080. The van der Waals surface area contributed by atoms with E-state index in [9.17, 15) is 0 Å². The largest absolute Gasteiger partial charge is 0.493 e. The van der Waals surface area contributed by atoms with Crippen molar-refractivity contribution in [2.75, 3.05) is 26.2 Å². The van der Waals surface area contributed by atoms with Gasteiger partial charge in [0, 0.05) is 37.2 Å². The molecule has 0 amide bonds. The lowest BCUT2D eigenvalue weighted by Gasteiger charge is -2.50. The third kappa shape index (κ3) is 4.30. The number of pyridine rings is 1. The van der Waals surface area contributed by atoms with Crippen LogP contribution in [0.2, 0.25) is 0 Å². The van der Waals surface area contributed by atoms with Crippen molar-refractivity contribution in [2.45, 2.75) is 45.2 Å². The molecule has 1 N–H and O–H groups in total. The summed E-state index contributed by atoms with van der Waals surface area (Å²) in [5, 5.41) is 3.74. The Morgan fingerprint density at radius 3 is 2.67 bits per heavy atom. The highest BCUT2D eigenvalue weighted by Crippen LogP contribution is 2.45. The summed E-state index contributed by atoms with van der Waals surface area (Å²) in [6.07, 6.45) is 2.36. The molecule has 2 atom stereocenters. The van der Waals surface area contributed by atoms with Gasteiger partial charge in [-0.05, 0) is 55.1 Å². The van der Waals surface area contributed by atoms with Crippen LogP contribution in [0.4, 0.5) is 0 Å². The minimum absolute atomic E-state index is 0.167. The first-order valence-electron chi connectivity index (χ1n) is 12.4. The van der Waals surface area contributed by atoms with E-state index in [1.807, 2.05) is 19.1 Å². The van der Waals surface area contributed by atoms with Gasteiger partial charge in [0.2, 0.25) is 0 Å². The first-order valence-corrected chi connectivity index (χ1v) is 12.4. The monoisotopic (exact) mass is 441 g/mol. The number of para-hydroxylation sites is 1. The molecule has 4 heteroatoms. The van der Waals surface area contributed by atoms with E-state index in [1.54, 1.807) is 0 Å². The van der Waals surface area contributed by atoms with E-state index < -0.39 is 0 Å². The summed E-state index contributed by atoms with van der Waals surface area (Å²) in [4.78, 5) is 7.82. The standard InChI is InChI=1S/C29H35N3O/c1-3-23-20-32(19-22-10-6-5-7-11-22)17-16-29(23)21-30-18-27-25(29)14-15-26(31-27)24-12-8-9-13-28(24)33-4-2/h5-15,23,30H,3-4,16-21H2,1-2H3. The van der Waals surface area contributed by atoms with Crippen molar-refractivity contribution in [1.82, 2.24) is 15.2 Å². The molecule has 1 spiro atoms. The predicted octanol–water partition coefficient (Wildman–Crippen LogP) is 5.42. The molecule has 0 aliphatic carbocycles. The number of fused-ring (bicyclic) bond motifs is 2. The highest BCUT2D eigenvalue weighted by Gasteiger charge is 2.46. The molecule has 1 aromatic heterocycles. The Morgan fingerprint density at radius 1 is 1.03 bits per heavy atom. The number of rotatable bonds is 6. The van der Waals surface area contributed by atoms with Crippen LogP contribution in [0, 0.1) is 5.92 Å². The highest BCUT2D eigenvalue weighted by atomic mass is 16.5. The molecule has 172 valence electrons. The van der Waals surface area contributed by atoms with Crippen LogP contribution >= 0.6 is 0 Å². The van der Waals surface area contributed by atoms with Crippen LogP contribution in [0.1, 0.15) is 43.5 Å². The average Bonchev–Trinajstić information content (AvgIpc) is 2.86. The van der Waals surface area contributed by atoms with Gasteiger partial charge in [0.15, 0.2) is 0 Å². The lowest BCUT2D eigenvalue weighted by molar-refractivity contribution is 0.0751. The summed E-state index contributed by atoms with van der Waals surface area (Å²) in [5.74, 6) is 1.52. The van der Waals surface area contributed by atoms with Crippen molar-refractivity contribution in [3.8, 4) is 17.0 Å². The van der Waals surface area contributed by atoms with Crippen molar-refractivity contribution in [1.29, 1.82) is 0 Å². The van der Waals surface area contributed by atoms with Gasteiger partial charge in [-0.1, -0.05) is 61.9 Å². The second kappa shape index (κ2) is 9.66. The number of ether oxygens (including phenoxy) is 1. The Kier molecular flexibility index (Phi) is 6.48. The number of aromatic nitrogens is 1. The van der Waals surface area contributed by atoms with E-state index in [-0.39, 0.29) is 5.41 Å². The molecule has 2 unspecified atom stereocenters. The molecule has 2 aromatic carbocycles. The number of piperidine rings is 1. The molecule has 33 heavy (non-hydrogen) atoms. The van der Waals surface area contributed by atoms with Crippen LogP contribution < -0.4 is 10.1 Å². The molecule has 2 aliphatic heterocycles. The third-order valence-corrected chi connectivity index (χ3v) is 7.58. The van der Waals surface area contributed by atoms with Crippen LogP contribution in [0.3, 0.4) is 0 Å². The fourth-order valence-electron chi connectivity index (χ4n) is 5.93. The number of benzene rings is 2. The van der Waals surface area contributed by atoms with E-state index in [0.29, 0.717) is 12.5 Å². The quantitative estimate of drug-likeness (QED) is 0.554. The van der Waals surface area contributed by atoms with E-state index >= 15 is 0 Å². The van der Waals surface area contributed by atoms with Gasteiger partial charge in [-0.25, -0.2) is 0 Å². The number of likely N-dealkylation sites (tertiary alicyclic amines) is 1. The molecule has 3 aromatic rings. The normalized spacial score (nSPS) is 22.8. The summed E-state index contributed by atoms with van der Waals surface area (Å²) in [7, 11) is 0. The van der Waals surface area contributed by atoms with Gasteiger partial charge in [-0.15, -0.1) is 0 Å². The van der Waals surface area contributed by atoms with Gasteiger partial charge >= 0.3 is 0 Å². The van der Waals surface area contributed by atoms with E-state index in [0.717, 1.165) is 49.7 Å². The molecule has 3 heterocycles. The van der Waals surface area contributed by atoms with E-state index in [4.69, 9.17) is 9.72 Å². The second-order valence-corrected chi connectivity index (χ2v) is 9.46. The van der Waals surface area contributed by atoms with Gasteiger partial charge < -0.3 is 10.1 Å².